The fraction of sp³-hybridized carbons (Fsp3) is 0.194. The third-order valence-electron chi connectivity index (χ3n) is 8.55. The Kier molecular flexibility index (Phi) is 5.30. The van der Waals surface area contributed by atoms with Crippen molar-refractivity contribution >= 4 is 40.2 Å². The number of fused-ring (bicyclic) bond motifs is 4. The Morgan fingerprint density at radius 1 is 1.00 bits per heavy atom. The molecule has 0 radical (unpaired) electrons. The lowest BCUT2D eigenvalue weighted by Crippen LogP contribution is -2.29. The molecule has 4 aliphatic rings. The Hall–Kier alpha value is -4.27. The smallest absolute Gasteiger partial charge is 0.251 e. The SMILES string of the molecule is C=C1C=C(O)c2cc(C3=C(Cl)N=C(C4C5CC5c5cc(-c6cc(Cl)ccc6-n6cnnn6)cc(=O)n54)C3)ccc2C1. The second kappa shape index (κ2) is 8.86. The van der Waals surface area contributed by atoms with Crippen LogP contribution < -0.4 is 5.56 Å². The molecule has 2 aliphatic carbocycles. The van der Waals surface area contributed by atoms with Crippen LogP contribution >= 0.6 is 23.2 Å². The zero-order valence-electron chi connectivity index (χ0n) is 21.6. The second-order valence-electron chi connectivity index (χ2n) is 11.0. The minimum absolute atomic E-state index is 0.0892. The summed E-state index contributed by atoms with van der Waals surface area (Å²) >= 11 is 13.1. The van der Waals surface area contributed by atoms with Crippen LogP contribution in [-0.2, 0) is 6.42 Å². The second-order valence-corrected chi connectivity index (χ2v) is 11.8. The molecule has 2 aromatic heterocycles. The van der Waals surface area contributed by atoms with Gasteiger partial charge in [0.05, 0.1) is 11.7 Å². The number of allylic oxidation sites excluding steroid dienone is 3. The number of rotatable bonds is 4. The molecule has 202 valence electrons. The maximum Gasteiger partial charge on any atom is 0.251 e. The summed E-state index contributed by atoms with van der Waals surface area (Å²) < 4.78 is 3.46. The third-order valence-corrected chi connectivity index (χ3v) is 9.10. The monoisotopic (exact) mass is 580 g/mol. The van der Waals surface area contributed by atoms with Crippen molar-refractivity contribution in [3.8, 4) is 16.8 Å². The summed E-state index contributed by atoms with van der Waals surface area (Å²) in [4.78, 5) is 18.5. The number of nitrogens with zero attached hydrogens (tertiary/aromatic N) is 6. The van der Waals surface area contributed by atoms with E-state index in [2.05, 4.69) is 28.2 Å². The van der Waals surface area contributed by atoms with Crippen molar-refractivity contribution in [3.63, 3.8) is 0 Å². The number of tetrazole rings is 1. The molecule has 1 N–H and O–H groups in total. The summed E-state index contributed by atoms with van der Waals surface area (Å²) in [6.45, 7) is 3.98. The van der Waals surface area contributed by atoms with Gasteiger partial charge in [0.25, 0.3) is 5.56 Å². The van der Waals surface area contributed by atoms with Gasteiger partial charge < -0.3 is 9.67 Å². The van der Waals surface area contributed by atoms with E-state index in [1.54, 1.807) is 22.9 Å². The molecule has 1 saturated carbocycles. The van der Waals surface area contributed by atoms with Gasteiger partial charge in [0.15, 0.2) is 0 Å². The molecular formula is C31H22Cl2N6O2. The van der Waals surface area contributed by atoms with Gasteiger partial charge in [-0.05, 0) is 87.9 Å². The molecule has 8 nitrogen and oxygen atoms in total. The lowest BCUT2D eigenvalue weighted by atomic mass is 9.89. The average Bonchev–Trinajstić information content (AvgIpc) is 3.24. The molecule has 4 heterocycles. The predicted octanol–water partition coefficient (Wildman–Crippen LogP) is 6.27. The van der Waals surface area contributed by atoms with Crippen LogP contribution in [0.5, 0.6) is 0 Å². The molecular weight excluding hydrogens is 559 g/mol. The van der Waals surface area contributed by atoms with E-state index >= 15 is 0 Å². The summed E-state index contributed by atoms with van der Waals surface area (Å²) in [6, 6.07) is 15.1. The number of pyridine rings is 1. The predicted molar refractivity (Wildman–Crippen MR) is 158 cm³/mol. The first-order chi connectivity index (χ1) is 19.9. The largest absolute Gasteiger partial charge is 0.507 e. The molecule has 8 rings (SSSR count). The molecule has 2 aliphatic heterocycles. The van der Waals surface area contributed by atoms with Crippen LogP contribution in [0.1, 0.15) is 47.2 Å². The van der Waals surface area contributed by atoms with E-state index in [1.165, 1.54) is 6.33 Å². The summed E-state index contributed by atoms with van der Waals surface area (Å²) in [5.74, 6) is 0.804. The van der Waals surface area contributed by atoms with Crippen molar-refractivity contribution in [2.24, 2.45) is 10.9 Å². The summed E-state index contributed by atoms with van der Waals surface area (Å²) in [6.07, 6.45) is 5.47. The van der Waals surface area contributed by atoms with Crippen molar-refractivity contribution in [2.45, 2.75) is 31.2 Å². The van der Waals surface area contributed by atoms with Crippen LogP contribution in [0.2, 0.25) is 5.02 Å². The van der Waals surface area contributed by atoms with Crippen LogP contribution in [0.15, 0.2) is 88.0 Å². The Morgan fingerprint density at radius 3 is 2.71 bits per heavy atom. The molecule has 0 saturated heterocycles. The molecule has 0 amide bonds. The minimum Gasteiger partial charge on any atom is -0.507 e. The van der Waals surface area contributed by atoms with E-state index < -0.39 is 0 Å². The quantitative estimate of drug-likeness (QED) is 0.287. The molecule has 2 aromatic carbocycles. The van der Waals surface area contributed by atoms with E-state index in [0.717, 1.165) is 62.5 Å². The highest BCUT2D eigenvalue weighted by atomic mass is 35.5. The molecule has 4 aromatic rings. The molecule has 3 unspecified atom stereocenters. The Balaban J connectivity index is 1.14. The van der Waals surface area contributed by atoms with Gasteiger partial charge in [-0.25, -0.2) is 4.99 Å². The lowest BCUT2D eigenvalue weighted by Gasteiger charge is -2.20. The Labute approximate surface area is 244 Å². The zero-order valence-corrected chi connectivity index (χ0v) is 23.1. The Bertz CT molecular complexity index is 1970. The molecule has 10 heteroatoms. The van der Waals surface area contributed by atoms with E-state index in [-0.39, 0.29) is 23.3 Å². The molecule has 3 atom stereocenters. The first kappa shape index (κ1) is 24.5. The first-order valence-electron chi connectivity index (χ1n) is 13.3. The minimum atomic E-state index is -0.143. The van der Waals surface area contributed by atoms with E-state index in [9.17, 15) is 9.90 Å². The van der Waals surface area contributed by atoms with Gasteiger partial charge in [-0.3, -0.25) is 4.79 Å². The first-order valence-corrected chi connectivity index (χ1v) is 14.1. The molecule has 1 fully saturated rings. The van der Waals surface area contributed by atoms with Crippen LogP contribution in [0.25, 0.3) is 28.1 Å². The van der Waals surface area contributed by atoms with Crippen LogP contribution in [0.3, 0.4) is 0 Å². The normalized spacial score (nSPS) is 22.3. The van der Waals surface area contributed by atoms with E-state index in [4.69, 9.17) is 28.2 Å². The van der Waals surface area contributed by atoms with Gasteiger partial charge in [-0.2, -0.15) is 4.68 Å². The number of benzene rings is 2. The fourth-order valence-corrected chi connectivity index (χ4v) is 7.10. The van der Waals surface area contributed by atoms with Gasteiger partial charge in [0.1, 0.15) is 17.2 Å². The van der Waals surface area contributed by atoms with Gasteiger partial charge >= 0.3 is 0 Å². The molecule has 0 bridgehead atoms. The maximum absolute atomic E-state index is 13.7. The summed E-state index contributed by atoms with van der Waals surface area (Å²) in [5, 5.41) is 23.1. The highest BCUT2D eigenvalue weighted by Gasteiger charge is 2.55. The average molecular weight is 581 g/mol. The lowest BCUT2D eigenvalue weighted by molar-refractivity contribution is 0.509. The number of hydrogen-bond acceptors (Lipinski definition) is 6. The van der Waals surface area contributed by atoms with Crippen molar-refractivity contribution < 1.29 is 5.11 Å². The number of aliphatic imine (C=N–C) groups is 1. The van der Waals surface area contributed by atoms with Crippen LogP contribution in [0, 0.1) is 5.92 Å². The van der Waals surface area contributed by atoms with Crippen molar-refractivity contribution in [3.05, 3.63) is 116 Å². The zero-order chi connectivity index (χ0) is 28.0. The Morgan fingerprint density at radius 2 is 1.88 bits per heavy atom. The maximum atomic E-state index is 13.7. The van der Waals surface area contributed by atoms with Gasteiger partial charge in [-0.15, -0.1) is 5.10 Å². The van der Waals surface area contributed by atoms with Crippen LogP contribution in [0.4, 0.5) is 0 Å². The summed E-state index contributed by atoms with van der Waals surface area (Å²) in [5.41, 5.74) is 8.63. The highest BCUT2D eigenvalue weighted by molar-refractivity contribution is 6.35. The third kappa shape index (κ3) is 3.85. The van der Waals surface area contributed by atoms with Crippen molar-refractivity contribution in [1.82, 2.24) is 24.8 Å². The van der Waals surface area contributed by atoms with Crippen LogP contribution in [-0.4, -0.2) is 35.6 Å². The van der Waals surface area contributed by atoms with Crippen molar-refractivity contribution in [1.29, 1.82) is 0 Å². The van der Waals surface area contributed by atoms with E-state index in [1.807, 2.05) is 34.9 Å². The molecule has 0 spiro atoms. The van der Waals surface area contributed by atoms with Crippen molar-refractivity contribution in [2.75, 3.05) is 0 Å². The number of aliphatic hydroxyl groups excluding tert-OH is 1. The number of aromatic nitrogens is 5. The van der Waals surface area contributed by atoms with Gasteiger partial charge in [0, 0.05) is 51.5 Å². The highest BCUT2D eigenvalue weighted by Crippen LogP contribution is 2.60. The number of hydrogen-bond donors (Lipinski definition) is 1. The number of halogens is 2. The van der Waals surface area contributed by atoms with Gasteiger partial charge in [0.2, 0.25) is 0 Å². The van der Waals surface area contributed by atoms with Gasteiger partial charge in [-0.1, -0.05) is 41.9 Å². The standard InChI is InChI=1S/C31H22Cl2N6O2/c1-15-6-16-2-3-17(8-21(16)28(40)7-15)22-13-25(35-31(22)33)30-24-12-23(24)27-9-18(10-29(41)39(27)30)20-11-19(32)4-5-26(20)38-14-34-36-37-38/h2-5,7-11,14,23-24,30,40H,1,6,12-13H2. The topological polar surface area (TPSA) is 98.2 Å². The molecule has 41 heavy (non-hydrogen) atoms. The summed E-state index contributed by atoms with van der Waals surface area (Å²) in [7, 11) is 0. The van der Waals surface area contributed by atoms with E-state index in [0.29, 0.717) is 28.9 Å². The number of aliphatic hydroxyl groups is 1. The fourth-order valence-electron chi connectivity index (χ4n) is 6.64.